The topological polar surface area (TPSA) is 68.9 Å². The van der Waals surface area contributed by atoms with Crippen LogP contribution in [0.3, 0.4) is 0 Å². The molecular weight excluding hydrogens is 352 g/mol. The number of nitrogens with zero attached hydrogens (tertiary/aromatic N) is 3. The molecule has 2 heterocycles. The highest BCUT2D eigenvalue weighted by Gasteiger charge is 2.17. The van der Waals surface area contributed by atoms with E-state index >= 15 is 0 Å². The third-order valence-corrected chi connectivity index (χ3v) is 5.30. The maximum atomic E-state index is 12.6. The molecule has 0 unspecified atom stereocenters. The standard InChI is InChI=1S/C22H26N4O2/c1-15(2)13-25-11-10-18-19(8-5-9-20(18)25)24-21(27)14-26-22(28)17-7-4-3-6-16(17)12-23-26/h5,8-12,15H,3-4,6-7,13-14H2,1-2H3,(H,24,27). The minimum Gasteiger partial charge on any atom is -0.347 e. The fraction of sp³-hybridized carbons (Fsp3) is 0.409. The minimum absolute atomic E-state index is 0.0742. The Kier molecular flexibility index (Phi) is 5.03. The van der Waals surface area contributed by atoms with Crippen LogP contribution in [0.5, 0.6) is 0 Å². The summed E-state index contributed by atoms with van der Waals surface area (Å²) in [6.07, 6.45) is 7.60. The maximum absolute atomic E-state index is 12.6. The van der Waals surface area contributed by atoms with Crippen molar-refractivity contribution in [3.63, 3.8) is 0 Å². The summed E-state index contributed by atoms with van der Waals surface area (Å²) in [5, 5.41) is 8.17. The fourth-order valence-electron chi connectivity index (χ4n) is 3.99. The molecule has 3 aromatic rings. The average molecular weight is 378 g/mol. The van der Waals surface area contributed by atoms with E-state index in [4.69, 9.17) is 0 Å². The van der Waals surface area contributed by atoms with Crippen molar-refractivity contribution in [1.29, 1.82) is 0 Å². The Balaban J connectivity index is 1.55. The number of aryl methyl sites for hydroxylation is 1. The normalized spacial score (nSPS) is 13.7. The summed E-state index contributed by atoms with van der Waals surface area (Å²) in [5.41, 5.74) is 3.58. The molecule has 28 heavy (non-hydrogen) atoms. The van der Waals surface area contributed by atoms with Crippen LogP contribution in [0.2, 0.25) is 0 Å². The average Bonchev–Trinajstić information content (AvgIpc) is 3.08. The summed E-state index contributed by atoms with van der Waals surface area (Å²) in [6, 6.07) is 7.92. The van der Waals surface area contributed by atoms with E-state index in [-0.39, 0.29) is 18.0 Å². The highest BCUT2D eigenvalue weighted by atomic mass is 16.2. The van der Waals surface area contributed by atoms with Gasteiger partial charge in [-0.05, 0) is 55.4 Å². The molecule has 1 aliphatic rings. The zero-order valence-corrected chi connectivity index (χ0v) is 16.4. The first-order chi connectivity index (χ1) is 13.5. The number of hydrogen-bond donors (Lipinski definition) is 1. The van der Waals surface area contributed by atoms with Gasteiger partial charge in [-0.2, -0.15) is 5.10 Å². The number of hydrogen-bond acceptors (Lipinski definition) is 3. The molecule has 0 saturated heterocycles. The van der Waals surface area contributed by atoms with Crippen molar-refractivity contribution < 1.29 is 4.79 Å². The number of amides is 1. The highest BCUT2D eigenvalue weighted by Crippen LogP contribution is 2.25. The zero-order valence-electron chi connectivity index (χ0n) is 16.4. The van der Waals surface area contributed by atoms with Gasteiger partial charge in [0.25, 0.3) is 5.56 Å². The molecule has 0 bridgehead atoms. The lowest BCUT2D eigenvalue weighted by Gasteiger charge is -2.16. The van der Waals surface area contributed by atoms with Crippen LogP contribution in [0.15, 0.2) is 41.5 Å². The first kappa shape index (κ1) is 18.5. The Morgan fingerprint density at radius 1 is 1.21 bits per heavy atom. The van der Waals surface area contributed by atoms with Crippen LogP contribution in [-0.2, 0) is 30.7 Å². The Morgan fingerprint density at radius 2 is 2.04 bits per heavy atom. The molecule has 0 saturated carbocycles. The molecule has 0 fully saturated rings. The second kappa shape index (κ2) is 7.62. The van der Waals surface area contributed by atoms with Gasteiger partial charge in [-0.1, -0.05) is 19.9 Å². The molecule has 2 aromatic heterocycles. The highest BCUT2D eigenvalue weighted by molar-refractivity contribution is 6.01. The van der Waals surface area contributed by atoms with Crippen LogP contribution in [0.1, 0.15) is 37.8 Å². The van der Waals surface area contributed by atoms with Gasteiger partial charge >= 0.3 is 0 Å². The summed E-state index contributed by atoms with van der Waals surface area (Å²) < 4.78 is 3.48. The van der Waals surface area contributed by atoms with Gasteiger partial charge in [0, 0.05) is 23.7 Å². The molecule has 0 radical (unpaired) electrons. The summed E-state index contributed by atoms with van der Waals surface area (Å²) in [4.78, 5) is 25.2. The van der Waals surface area contributed by atoms with E-state index in [2.05, 4.69) is 41.1 Å². The quantitative estimate of drug-likeness (QED) is 0.740. The molecule has 0 spiro atoms. The van der Waals surface area contributed by atoms with Crippen molar-refractivity contribution in [2.24, 2.45) is 5.92 Å². The van der Waals surface area contributed by atoms with E-state index in [1.165, 1.54) is 4.68 Å². The number of carbonyl (C=O) groups excluding carboxylic acids is 1. The molecule has 1 aromatic carbocycles. The van der Waals surface area contributed by atoms with Gasteiger partial charge in [0.15, 0.2) is 0 Å². The summed E-state index contributed by atoms with van der Waals surface area (Å²) in [6.45, 7) is 5.21. The number of carbonyl (C=O) groups is 1. The first-order valence-electron chi connectivity index (χ1n) is 9.98. The molecule has 1 aliphatic carbocycles. The van der Waals surface area contributed by atoms with Crippen LogP contribution >= 0.6 is 0 Å². The third-order valence-electron chi connectivity index (χ3n) is 5.30. The van der Waals surface area contributed by atoms with Gasteiger partial charge in [0.2, 0.25) is 5.91 Å². The second-order valence-electron chi connectivity index (χ2n) is 7.97. The minimum atomic E-state index is -0.241. The van der Waals surface area contributed by atoms with E-state index in [0.29, 0.717) is 5.92 Å². The van der Waals surface area contributed by atoms with Gasteiger partial charge in [0.1, 0.15) is 6.54 Å². The molecule has 6 nitrogen and oxygen atoms in total. The predicted molar refractivity (Wildman–Crippen MR) is 111 cm³/mol. The van der Waals surface area contributed by atoms with Crippen LogP contribution in [0.25, 0.3) is 10.9 Å². The first-order valence-corrected chi connectivity index (χ1v) is 9.98. The maximum Gasteiger partial charge on any atom is 0.270 e. The van der Waals surface area contributed by atoms with Gasteiger partial charge in [0.05, 0.1) is 17.4 Å². The molecule has 6 heteroatoms. The van der Waals surface area contributed by atoms with E-state index in [1.54, 1.807) is 6.20 Å². The van der Waals surface area contributed by atoms with Crippen molar-refractivity contribution in [3.05, 3.63) is 58.1 Å². The summed E-state index contributed by atoms with van der Waals surface area (Å²) in [7, 11) is 0. The third kappa shape index (κ3) is 3.59. The molecule has 4 rings (SSSR count). The molecular formula is C22H26N4O2. The van der Waals surface area contributed by atoms with Crippen LogP contribution in [-0.4, -0.2) is 20.3 Å². The number of rotatable bonds is 5. The second-order valence-corrected chi connectivity index (χ2v) is 7.97. The monoisotopic (exact) mass is 378 g/mol. The Hall–Kier alpha value is -2.89. The molecule has 1 amide bonds. The Morgan fingerprint density at radius 3 is 2.86 bits per heavy atom. The number of benzene rings is 1. The van der Waals surface area contributed by atoms with Crippen molar-refractivity contribution in [2.75, 3.05) is 5.32 Å². The zero-order chi connectivity index (χ0) is 19.7. The largest absolute Gasteiger partial charge is 0.347 e. The molecule has 0 atom stereocenters. The lowest BCUT2D eigenvalue weighted by Crippen LogP contribution is -2.33. The van der Waals surface area contributed by atoms with E-state index in [0.717, 1.165) is 59.9 Å². The summed E-state index contributed by atoms with van der Waals surface area (Å²) in [5.74, 6) is 0.297. The number of nitrogens with one attached hydrogen (secondary N) is 1. The fourth-order valence-corrected chi connectivity index (χ4v) is 3.99. The van der Waals surface area contributed by atoms with Crippen LogP contribution < -0.4 is 10.9 Å². The number of fused-ring (bicyclic) bond motifs is 2. The summed E-state index contributed by atoms with van der Waals surface area (Å²) >= 11 is 0. The lowest BCUT2D eigenvalue weighted by atomic mass is 9.94. The van der Waals surface area contributed by atoms with Crippen LogP contribution in [0.4, 0.5) is 5.69 Å². The van der Waals surface area contributed by atoms with Crippen molar-refractivity contribution in [1.82, 2.24) is 14.3 Å². The van der Waals surface area contributed by atoms with Gasteiger partial charge in [-0.15, -0.1) is 0 Å². The number of aromatic nitrogens is 3. The van der Waals surface area contributed by atoms with E-state index in [1.807, 2.05) is 18.2 Å². The van der Waals surface area contributed by atoms with Gasteiger partial charge in [-0.3, -0.25) is 9.59 Å². The van der Waals surface area contributed by atoms with Crippen molar-refractivity contribution in [2.45, 2.75) is 52.6 Å². The van der Waals surface area contributed by atoms with Crippen molar-refractivity contribution >= 4 is 22.5 Å². The van der Waals surface area contributed by atoms with E-state index < -0.39 is 0 Å². The predicted octanol–water partition coefficient (Wildman–Crippen LogP) is 3.37. The van der Waals surface area contributed by atoms with Gasteiger partial charge in [-0.25, -0.2) is 4.68 Å². The molecule has 0 aliphatic heterocycles. The SMILES string of the molecule is CC(C)Cn1ccc2c(NC(=O)Cn3ncc4c(c3=O)CCCC4)cccc21. The molecule has 1 N–H and O–H groups in total. The lowest BCUT2D eigenvalue weighted by molar-refractivity contribution is -0.117. The Bertz CT molecular complexity index is 1080. The number of anilines is 1. The molecule has 146 valence electrons. The smallest absolute Gasteiger partial charge is 0.270 e. The van der Waals surface area contributed by atoms with Crippen LogP contribution in [0, 0.1) is 5.92 Å². The van der Waals surface area contributed by atoms with E-state index in [9.17, 15) is 9.59 Å². The van der Waals surface area contributed by atoms with Crippen molar-refractivity contribution in [3.8, 4) is 0 Å². The Labute approximate surface area is 164 Å². The van der Waals surface area contributed by atoms with Gasteiger partial charge < -0.3 is 9.88 Å².